The first-order chi connectivity index (χ1) is 15.2. The van der Waals surface area contributed by atoms with Gasteiger partial charge in [-0.2, -0.15) is 10.5 Å². The number of aryl methyl sites for hydroxylation is 2. The Morgan fingerprint density at radius 2 is 2.06 bits per heavy atom. The number of benzene rings is 1. The van der Waals surface area contributed by atoms with Crippen molar-refractivity contribution in [2.24, 2.45) is 7.05 Å². The highest BCUT2D eigenvalue weighted by molar-refractivity contribution is 8.00. The first-order valence-electron chi connectivity index (χ1n) is 9.13. The fraction of sp³-hybridized carbons (Fsp3) is 0.200. The first-order valence-corrected chi connectivity index (χ1v) is 10.4. The van der Waals surface area contributed by atoms with Gasteiger partial charge in [0.1, 0.15) is 34.1 Å². The molecule has 10 nitrogen and oxygen atoms in total. The molecule has 0 radical (unpaired) electrons. The number of rotatable bonds is 5. The van der Waals surface area contributed by atoms with Gasteiger partial charge in [-0.3, -0.25) is 9.32 Å². The number of hydrogen-bond donors (Lipinski definition) is 3. The number of amides is 1. The summed E-state index contributed by atoms with van der Waals surface area (Å²) in [6.07, 6.45) is 0. The average Bonchev–Trinajstić information content (AvgIpc) is 3.08. The summed E-state index contributed by atoms with van der Waals surface area (Å²) in [4.78, 5) is 29.0. The number of anilines is 2. The van der Waals surface area contributed by atoms with Gasteiger partial charge in [-0.25, -0.2) is 9.78 Å². The monoisotopic (exact) mass is 470 g/mol. The molecule has 2 aromatic heterocycles. The summed E-state index contributed by atoms with van der Waals surface area (Å²) in [6.45, 7) is 3.47. The number of H-pyrrole nitrogens is 1. The third-order valence-electron chi connectivity index (χ3n) is 4.55. The van der Waals surface area contributed by atoms with Crippen molar-refractivity contribution in [3.63, 3.8) is 0 Å². The molecule has 3 aromatic rings. The Morgan fingerprint density at radius 1 is 1.38 bits per heavy atom. The van der Waals surface area contributed by atoms with Crippen molar-refractivity contribution in [1.29, 1.82) is 10.5 Å². The normalized spacial score (nSPS) is 11.4. The summed E-state index contributed by atoms with van der Waals surface area (Å²) in [7, 11) is 1.48. The lowest BCUT2D eigenvalue weighted by atomic mass is 10.0. The summed E-state index contributed by atoms with van der Waals surface area (Å²) in [5.74, 6) is -0.542. The predicted octanol–water partition coefficient (Wildman–Crippen LogP) is 2.26. The van der Waals surface area contributed by atoms with Crippen LogP contribution in [0, 0.1) is 29.6 Å². The molecule has 0 saturated carbocycles. The number of halogens is 1. The molecule has 3 rings (SSSR count). The number of hydrogen-bond acceptors (Lipinski definition) is 8. The Morgan fingerprint density at radius 3 is 2.62 bits per heavy atom. The SMILES string of the molecule is Cc1ccc(NC(=O)C(C)Sc2nc(N)c(C#N)c(-c3c(=O)o[nH][n+]3C)c2C#N)cc1Cl. The molecule has 0 aliphatic heterocycles. The van der Waals surface area contributed by atoms with E-state index in [-0.39, 0.29) is 39.1 Å². The van der Waals surface area contributed by atoms with E-state index < -0.39 is 10.9 Å². The number of nitriles is 2. The number of nitrogens with zero attached hydrogens (tertiary/aromatic N) is 4. The van der Waals surface area contributed by atoms with Crippen LogP contribution in [-0.2, 0) is 11.8 Å². The number of carbonyl (C=O) groups excluding carboxylic acids is 1. The molecule has 0 aliphatic carbocycles. The second-order valence-electron chi connectivity index (χ2n) is 6.75. The molecule has 0 aliphatic rings. The minimum Gasteiger partial charge on any atom is -0.383 e. The minimum atomic E-state index is -0.788. The van der Waals surface area contributed by atoms with Crippen LogP contribution in [0.1, 0.15) is 23.6 Å². The molecular formula is C20H17ClN7O3S+. The molecule has 1 unspecified atom stereocenters. The number of nitrogens with one attached hydrogen (secondary N) is 2. The molecule has 0 bridgehead atoms. The fourth-order valence-electron chi connectivity index (χ4n) is 2.87. The Hall–Kier alpha value is -3.80. The Bertz CT molecular complexity index is 1370. The lowest BCUT2D eigenvalue weighted by molar-refractivity contribution is -0.730. The maximum Gasteiger partial charge on any atom is 0.435 e. The van der Waals surface area contributed by atoms with Gasteiger partial charge >= 0.3 is 11.3 Å². The van der Waals surface area contributed by atoms with Crippen molar-refractivity contribution < 1.29 is 14.0 Å². The predicted molar refractivity (Wildman–Crippen MR) is 118 cm³/mol. The number of carbonyl (C=O) groups is 1. The molecule has 0 fully saturated rings. The van der Waals surface area contributed by atoms with Crippen molar-refractivity contribution >= 4 is 40.8 Å². The third-order valence-corrected chi connectivity index (χ3v) is 6.05. The van der Waals surface area contributed by atoms with E-state index in [0.29, 0.717) is 10.7 Å². The summed E-state index contributed by atoms with van der Waals surface area (Å²) < 4.78 is 5.98. The van der Waals surface area contributed by atoms with Crippen molar-refractivity contribution in [3.8, 4) is 23.4 Å². The topological polar surface area (TPSA) is 165 Å². The van der Waals surface area contributed by atoms with Gasteiger partial charge in [-0.05, 0) is 36.8 Å². The molecule has 0 saturated heterocycles. The van der Waals surface area contributed by atoms with Crippen LogP contribution in [0.3, 0.4) is 0 Å². The lowest BCUT2D eigenvalue weighted by Gasteiger charge is -2.14. The van der Waals surface area contributed by atoms with Crippen LogP contribution in [0.4, 0.5) is 11.5 Å². The summed E-state index contributed by atoms with van der Waals surface area (Å²) >= 11 is 7.07. The zero-order valence-electron chi connectivity index (χ0n) is 17.2. The number of thioether (sulfide) groups is 1. The van der Waals surface area contributed by atoms with Crippen LogP contribution in [0.25, 0.3) is 11.3 Å². The number of aromatic nitrogens is 3. The van der Waals surface area contributed by atoms with Crippen LogP contribution in [0.15, 0.2) is 32.5 Å². The van der Waals surface area contributed by atoms with Gasteiger partial charge in [0.25, 0.3) is 0 Å². The van der Waals surface area contributed by atoms with Crippen molar-refractivity contribution in [1.82, 2.24) is 10.3 Å². The number of pyridine rings is 1. The third kappa shape index (κ3) is 4.30. The molecule has 1 amide bonds. The highest BCUT2D eigenvalue weighted by atomic mass is 35.5. The number of nitrogen functional groups attached to an aromatic ring is 1. The molecule has 1 atom stereocenters. The molecule has 32 heavy (non-hydrogen) atoms. The van der Waals surface area contributed by atoms with Gasteiger partial charge in [0.2, 0.25) is 5.91 Å². The molecule has 1 aromatic carbocycles. The van der Waals surface area contributed by atoms with Gasteiger partial charge in [-0.15, -0.1) is 0 Å². The number of aromatic amines is 1. The molecule has 162 valence electrons. The van der Waals surface area contributed by atoms with Crippen LogP contribution < -0.4 is 21.4 Å². The standard InChI is InChI=1S/C20H16ClN7O3S/c1-9-4-5-11(6-14(9)21)25-18(29)10(2)32-19-13(8-23)15(12(7-22)17(24)26-19)16-20(30)31-27-28(16)3/h4-6,10H,1-3H3,(H3-,24,25,26,27,29,30)/p+1. The van der Waals surface area contributed by atoms with E-state index in [1.54, 1.807) is 25.1 Å². The van der Waals surface area contributed by atoms with Crippen LogP contribution in [0.2, 0.25) is 5.02 Å². The second-order valence-corrected chi connectivity index (χ2v) is 8.49. The largest absolute Gasteiger partial charge is 0.435 e. The second kappa shape index (κ2) is 9.14. The van der Waals surface area contributed by atoms with E-state index in [1.807, 2.05) is 19.1 Å². The van der Waals surface area contributed by atoms with Gasteiger partial charge in [0.15, 0.2) is 7.05 Å². The maximum absolute atomic E-state index is 12.7. The van der Waals surface area contributed by atoms with Crippen LogP contribution in [-0.4, -0.2) is 21.4 Å². The van der Waals surface area contributed by atoms with E-state index in [0.717, 1.165) is 17.3 Å². The van der Waals surface area contributed by atoms with Crippen molar-refractivity contribution in [3.05, 3.63) is 50.3 Å². The van der Waals surface area contributed by atoms with E-state index in [2.05, 4.69) is 15.6 Å². The average molecular weight is 471 g/mol. The minimum absolute atomic E-state index is 0.0135. The summed E-state index contributed by atoms with van der Waals surface area (Å²) in [5, 5.41) is 24.4. The molecule has 2 heterocycles. The molecular weight excluding hydrogens is 454 g/mol. The quantitative estimate of drug-likeness (QED) is 0.377. The molecule has 4 N–H and O–H groups in total. The lowest BCUT2D eigenvalue weighted by Crippen LogP contribution is -2.34. The number of nitrogens with two attached hydrogens (primary N) is 1. The molecule has 0 spiro atoms. The Balaban J connectivity index is 2.00. The van der Waals surface area contributed by atoms with Gasteiger partial charge in [-0.1, -0.05) is 34.1 Å². The van der Waals surface area contributed by atoms with E-state index in [1.165, 1.54) is 11.7 Å². The highest BCUT2D eigenvalue weighted by Gasteiger charge is 2.32. The van der Waals surface area contributed by atoms with Gasteiger partial charge in [0.05, 0.1) is 10.8 Å². The summed E-state index contributed by atoms with van der Waals surface area (Å²) in [6, 6.07) is 8.98. The van der Waals surface area contributed by atoms with Crippen LogP contribution >= 0.6 is 23.4 Å². The Labute approximate surface area is 191 Å². The fourth-order valence-corrected chi connectivity index (χ4v) is 3.96. The Kier molecular flexibility index (Phi) is 6.53. The zero-order valence-corrected chi connectivity index (χ0v) is 18.8. The van der Waals surface area contributed by atoms with E-state index in [9.17, 15) is 20.1 Å². The van der Waals surface area contributed by atoms with Gasteiger partial charge < -0.3 is 11.1 Å². The van der Waals surface area contributed by atoms with Gasteiger partial charge in [0, 0.05) is 10.7 Å². The van der Waals surface area contributed by atoms with E-state index >= 15 is 0 Å². The highest BCUT2D eigenvalue weighted by Crippen LogP contribution is 2.35. The first kappa shape index (κ1) is 22.9. The smallest absolute Gasteiger partial charge is 0.383 e. The zero-order chi connectivity index (χ0) is 23.6. The van der Waals surface area contributed by atoms with Crippen molar-refractivity contribution in [2.45, 2.75) is 24.1 Å². The van der Waals surface area contributed by atoms with E-state index in [4.69, 9.17) is 21.9 Å². The maximum atomic E-state index is 12.7. The van der Waals surface area contributed by atoms with Crippen LogP contribution in [0.5, 0.6) is 0 Å². The molecule has 12 heteroatoms. The van der Waals surface area contributed by atoms with Crippen molar-refractivity contribution in [2.75, 3.05) is 11.1 Å². The summed E-state index contributed by atoms with van der Waals surface area (Å²) in [5.41, 5.74) is 6.26.